The third-order valence-electron chi connectivity index (χ3n) is 5.09. The van der Waals surface area contributed by atoms with Crippen LogP contribution in [0.25, 0.3) is 0 Å². The van der Waals surface area contributed by atoms with Crippen LogP contribution in [0.5, 0.6) is 0 Å². The molecule has 2 bridgehead atoms. The summed E-state index contributed by atoms with van der Waals surface area (Å²) in [4.78, 5) is 23.9. The second kappa shape index (κ2) is 4.09. The van der Waals surface area contributed by atoms with Gasteiger partial charge in [-0.2, -0.15) is 0 Å². The van der Waals surface area contributed by atoms with E-state index in [-0.39, 0.29) is 29.2 Å². The van der Waals surface area contributed by atoms with Crippen LogP contribution in [0.3, 0.4) is 0 Å². The zero-order valence-electron chi connectivity index (χ0n) is 11.4. The van der Waals surface area contributed by atoms with E-state index >= 15 is 0 Å². The Morgan fingerprint density at radius 3 is 2.26 bits per heavy atom. The summed E-state index contributed by atoms with van der Waals surface area (Å²) < 4.78 is 0. The van der Waals surface area contributed by atoms with Gasteiger partial charge in [0.15, 0.2) is 0 Å². The number of amides is 1. The predicted molar refractivity (Wildman–Crippen MR) is 70.3 cm³/mol. The van der Waals surface area contributed by atoms with E-state index in [4.69, 9.17) is 0 Å². The molecule has 0 aliphatic heterocycles. The zero-order chi connectivity index (χ0) is 13.8. The lowest BCUT2D eigenvalue weighted by Gasteiger charge is -2.31. The Morgan fingerprint density at radius 2 is 1.74 bits per heavy atom. The summed E-state index contributed by atoms with van der Waals surface area (Å²) in [6, 6.07) is 0. The van der Waals surface area contributed by atoms with Crippen LogP contribution in [0.2, 0.25) is 0 Å². The number of rotatable bonds is 4. The standard InChI is InChI=1S/C15H21NO3/c1-15(2,10-5-6-10)16-13(17)11-8-3-4-9(7-8)12(11)14(18)19/h3-4,8-12H,5-7H2,1-2H3,(H,16,17)(H,18,19). The number of aliphatic carboxylic acids is 1. The van der Waals surface area contributed by atoms with Crippen LogP contribution in [0.15, 0.2) is 12.2 Å². The topological polar surface area (TPSA) is 66.4 Å². The molecule has 4 atom stereocenters. The number of nitrogens with one attached hydrogen (secondary N) is 1. The average Bonchev–Trinajstić information content (AvgIpc) is 2.99. The van der Waals surface area contributed by atoms with Gasteiger partial charge in [-0.3, -0.25) is 9.59 Å². The minimum Gasteiger partial charge on any atom is -0.481 e. The third-order valence-corrected chi connectivity index (χ3v) is 5.09. The van der Waals surface area contributed by atoms with Crippen molar-refractivity contribution < 1.29 is 14.7 Å². The molecule has 0 spiro atoms. The lowest BCUT2D eigenvalue weighted by molar-refractivity contribution is -0.148. The fourth-order valence-corrected chi connectivity index (χ4v) is 3.82. The van der Waals surface area contributed by atoms with Crippen LogP contribution >= 0.6 is 0 Å². The van der Waals surface area contributed by atoms with Crippen LogP contribution in [-0.2, 0) is 9.59 Å². The number of fused-ring (bicyclic) bond motifs is 2. The summed E-state index contributed by atoms with van der Waals surface area (Å²) in [5.41, 5.74) is -0.203. The molecule has 4 unspecified atom stereocenters. The maximum Gasteiger partial charge on any atom is 0.307 e. The second-order valence-corrected chi connectivity index (χ2v) is 6.82. The smallest absolute Gasteiger partial charge is 0.307 e. The Balaban J connectivity index is 1.75. The SMILES string of the molecule is CC(C)(NC(=O)C1C2C=CC(C2)C1C(=O)O)C1CC1. The van der Waals surface area contributed by atoms with Crippen molar-refractivity contribution >= 4 is 11.9 Å². The van der Waals surface area contributed by atoms with Gasteiger partial charge < -0.3 is 10.4 Å². The van der Waals surface area contributed by atoms with Crippen molar-refractivity contribution in [2.45, 2.75) is 38.6 Å². The van der Waals surface area contributed by atoms with Gasteiger partial charge in [0.05, 0.1) is 11.8 Å². The summed E-state index contributed by atoms with van der Waals surface area (Å²) in [7, 11) is 0. The van der Waals surface area contributed by atoms with E-state index in [1.165, 1.54) is 0 Å². The molecule has 3 aliphatic carbocycles. The Bertz CT molecular complexity index is 450. The molecule has 19 heavy (non-hydrogen) atoms. The van der Waals surface area contributed by atoms with Gasteiger partial charge >= 0.3 is 5.97 Å². The van der Waals surface area contributed by atoms with Crippen molar-refractivity contribution in [3.05, 3.63) is 12.2 Å². The van der Waals surface area contributed by atoms with Crippen LogP contribution in [0.4, 0.5) is 0 Å². The van der Waals surface area contributed by atoms with Gasteiger partial charge in [0.25, 0.3) is 0 Å². The molecule has 2 N–H and O–H groups in total. The minimum absolute atomic E-state index is 0.0438. The molecule has 4 heteroatoms. The number of carboxylic acids is 1. The van der Waals surface area contributed by atoms with Crippen LogP contribution in [-0.4, -0.2) is 22.5 Å². The van der Waals surface area contributed by atoms with Gasteiger partial charge in [-0.1, -0.05) is 12.2 Å². The maximum atomic E-state index is 12.5. The number of hydrogen-bond donors (Lipinski definition) is 2. The van der Waals surface area contributed by atoms with E-state index in [1.807, 2.05) is 26.0 Å². The highest BCUT2D eigenvalue weighted by Gasteiger charge is 2.52. The first-order chi connectivity index (χ1) is 8.90. The molecular formula is C15H21NO3. The molecule has 3 aliphatic rings. The Kier molecular flexibility index (Phi) is 2.73. The van der Waals surface area contributed by atoms with E-state index in [1.54, 1.807) is 0 Å². The highest BCUT2D eigenvalue weighted by atomic mass is 16.4. The summed E-state index contributed by atoms with van der Waals surface area (Å²) in [5.74, 6) is -1.12. The third kappa shape index (κ3) is 2.07. The number of hydrogen-bond acceptors (Lipinski definition) is 2. The molecule has 3 rings (SSSR count). The molecule has 0 saturated heterocycles. The van der Waals surface area contributed by atoms with Gasteiger partial charge in [-0.05, 0) is 50.9 Å². The number of carbonyl (C=O) groups excluding carboxylic acids is 1. The monoisotopic (exact) mass is 263 g/mol. The fraction of sp³-hybridized carbons (Fsp3) is 0.733. The van der Waals surface area contributed by atoms with Crippen LogP contribution in [0, 0.1) is 29.6 Å². The molecule has 0 aromatic rings. The molecule has 0 radical (unpaired) electrons. The van der Waals surface area contributed by atoms with E-state index in [0.717, 1.165) is 19.3 Å². The van der Waals surface area contributed by atoms with Crippen molar-refractivity contribution in [3.8, 4) is 0 Å². The highest BCUT2D eigenvalue weighted by molar-refractivity contribution is 5.87. The first-order valence-corrected chi connectivity index (χ1v) is 7.13. The van der Waals surface area contributed by atoms with Crippen molar-refractivity contribution in [2.75, 3.05) is 0 Å². The molecule has 104 valence electrons. The minimum atomic E-state index is -0.832. The first kappa shape index (κ1) is 12.7. The number of carboxylic acid groups (broad SMARTS) is 1. The maximum absolute atomic E-state index is 12.5. The number of allylic oxidation sites excluding steroid dienone is 2. The van der Waals surface area contributed by atoms with Gasteiger partial charge in [0.1, 0.15) is 0 Å². The predicted octanol–water partition coefficient (Wildman–Crippen LogP) is 1.81. The van der Waals surface area contributed by atoms with Gasteiger partial charge in [0.2, 0.25) is 5.91 Å². The van der Waals surface area contributed by atoms with E-state index in [9.17, 15) is 14.7 Å². The molecule has 2 fully saturated rings. The van der Waals surface area contributed by atoms with E-state index < -0.39 is 11.9 Å². The molecule has 4 nitrogen and oxygen atoms in total. The summed E-state index contributed by atoms with van der Waals surface area (Å²) >= 11 is 0. The Morgan fingerprint density at radius 1 is 1.16 bits per heavy atom. The largest absolute Gasteiger partial charge is 0.481 e. The van der Waals surface area contributed by atoms with Crippen LogP contribution in [0.1, 0.15) is 33.1 Å². The molecule has 1 amide bonds. The molecular weight excluding hydrogens is 242 g/mol. The van der Waals surface area contributed by atoms with Crippen molar-refractivity contribution in [1.82, 2.24) is 5.32 Å². The first-order valence-electron chi connectivity index (χ1n) is 7.13. The molecule has 2 saturated carbocycles. The Labute approximate surface area is 113 Å². The normalized spacial score (nSPS) is 36.5. The lowest BCUT2D eigenvalue weighted by atomic mass is 9.81. The summed E-state index contributed by atoms with van der Waals surface area (Å²) in [6.07, 6.45) is 7.13. The summed E-state index contributed by atoms with van der Waals surface area (Å²) in [6.45, 7) is 4.09. The molecule has 0 aromatic heterocycles. The molecule has 0 heterocycles. The zero-order valence-corrected chi connectivity index (χ0v) is 11.4. The van der Waals surface area contributed by atoms with E-state index in [0.29, 0.717) is 5.92 Å². The van der Waals surface area contributed by atoms with Gasteiger partial charge in [-0.25, -0.2) is 0 Å². The quantitative estimate of drug-likeness (QED) is 0.760. The Hall–Kier alpha value is -1.32. The van der Waals surface area contributed by atoms with Crippen molar-refractivity contribution in [3.63, 3.8) is 0 Å². The lowest BCUT2D eigenvalue weighted by Crippen LogP contribution is -2.50. The van der Waals surface area contributed by atoms with E-state index in [2.05, 4.69) is 5.32 Å². The summed E-state index contributed by atoms with van der Waals surface area (Å²) in [5, 5.41) is 12.5. The fourth-order valence-electron chi connectivity index (χ4n) is 3.82. The average molecular weight is 263 g/mol. The van der Waals surface area contributed by atoms with Crippen molar-refractivity contribution in [2.24, 2.45) is 29.6 Å². The van der Waals surface area contributed by atoms with Crippen LogP contribution < -0.4 is 5.32 Å². The highest BCUT2D eigenvalue weighted by Crippen LogP contribution is 2.48. The second-order valence-electron chi connectivity index (χ2n) is 6.82. The van der Waals surface area contributed by atoms with Gasteiger partial charge in [0, 0.05) is 5.54 Å². The number of carbonyl (C=O) groups is 2. The van der Waals surface area contributed by atoms with Crippen molar-refractivity contribution in [1.29, 1.82) is 0 Å². The molecule has 0 aromatic carbocycles. The van der Waals surface area contributed by atoms with Gasteiger partial charge in [-0.15, -0.1) is 0 Å².